The number of ketones is 1. The quantitative estimate of drug-likeness (QED) is 0.606. The lowest BCUT2D eigenvalue weighted by Crippen LogP contribution is -2.28. The van der Waals surface area contributed by atoms with Crippen LogP contribution >= 0.6 is 11.6 Å². The summed E-state index contributed by atoms with van der Waals surface area (Å²) < 4.78 is 0. The van der Waals surface area contributed by atoms with Crippen LogP contribution < -0.4 is 4.90 Å². The summed E-state index contributed by atoms with van der Waals surface area (Å²) in [6.45, 7) is 0.774. The van der Waals surface area contributed by atoms with Crippen LogP contribution in [-0.4, -0.2) is 11.7 Å². The van der Waals surface area contributed by atoms with E-state index in [-0.39, 0.29) is 11.7 Å². The van der Waals surface area contributed by atoms with Crippen molar-refractivity contribution in [1.82, 2.24) is 0 Å². The fourth-order valence-electron chi connectivity index (χ4n) is 3.37. The number of benzene rings is 2. The van der Waals surface area contributed by atoms with Gasteiger partial charge in [0.25, 0.3) is 0 Å². The second-order valence-electron chi connectivity index (χ2n) is 6.51. The number of allylic oxidation sites excluding steroid dienone is 2. The number of carbonyl (C=O) groups excluding carboxylic acids is 1. The summed E-state index contributed by atoms with van der Waals surface area (Å²) >= 11 is 5.78. The first-order valence-electron chi connectivity index (χ1n) is 8.95. The van der Waals surface area contributed by atoms with E-state index < -0.39 is 0 Å². The highest BCUT2D eigenvalue weighted by Crippen LogP contribution is 2.31. The molecule has 0 amide bonds. The molecular weight excluding hydrogens is 330 g/mol. The number of hydrogen-bond acceptors (Lipinski definition) is 2. The van der Waals surface area contributed by atoms with Crippen LogP contribution in [0.15, 0.2) is 72.4 Å². The number of hydrogen-bond donors (Lipinski definition) is 0. The van der Waals surface area contributed by atoms with Crippen LogP contribution in [0.2, 0.25) is 0 Å². The summed E-state index contributed by atoms with van der Waals surface area (Å²) in [6, 6.07) is 20.7. The van der Waals surface area contributed by atoms with Crippen molar-refractivity contribution in [2.45, 2.75) is 32.2 Å². The number of anilines is 1. The normalized spacial score (nSPS) is 17.2. The van der Waals surface area contributed by atoms with E-state index in [4.69, 9.17) is 11.6 Å². The van der Waals surface area contributed by atoms with Gasteiger partial charge >= 0.3 is 0 Å². The number of para-hydroxylation sites is 1. The van der Waals surface area contributed by atoms with Gasteiger partial charge in [-0.1, -0.05) is 48.5 Å². The molecule has 3 rings (SSSR count). The largest absolute Gasteiger partial charge is 0.341 e. The van der Waals surface area contributed by atoms with Crippen molar-refractivity contribution in [3.8, 4) is 0 Å². The molecule has 0 bridgehead atoms. The molecular formula is C22H24ClNO. The molecule has 0 spiro atoms. The Labute approximate surface area is 155 Å². The van der Waals surface area contributed by atoms with Gasteiger partial charge in [-0.3, -0.25) is 4.79 Å². The molecule has 0 aromatic heterocycles. The molecule has 0 aliphatic heterocycles. The molecule has 25 heavy (non-hydrogen) atoms. The highest BCUT2D eigenvalue weighted by atomic mass is 35.5. The minimum atomic E-state index is 0.136. The molecule has 0 radical (unpaired) electrons. The van der Waals surface area contributed by atoms with Crippen LogP contribution in [0.5, 0.6) is 0 Å². The van der Waals surface area contributed by atoms with Gasteiger partial charge in [0.1, 0.15) is 0 Å². The number of carbonyl (C=O) groups is 1. The average Bonchev–Trinajstić information content (AvgIpc) is 2.67. The summed E-state index contributed by atoms with van der Waals surface area (Å²) in [5, 5.41) is 0. The van der Waals surface area contributed by atoms with E-state index >= 15 is 0 Å². The van der Waals surface area contributed by atoms with Crippen molar-refractivity contribution >= 4 is 23.1 Å². The number of halogens is 1. The molecule has 2 nitrogen and oxygen atoms in total. The van der Waals surface area contributed by atoms with E-state index in [0.29, 0.717) is 5.88 Å². The zero-order chi connectivity index (χ0) is 17.5. The number of rotatable bonds is 7. The SMILES string of the molecule is O=C1C=C(N(Cc2ccccc2)c2ccccc2)CCC1CCCCl. The molecule has 0 N–H and O–H groups in total. The smallest absolute Gasteiger partial charge is 0.160 e. The third-order valence-electron chi connectivity index (χ3n) is 4.74. The third kappa shape index (κ3) is 4.73. The standard InChI is InChI=1S/C22H24ClNO/c23-15-7-10-19-13-14-21(16-22(19)25)24(20-11-5-2-6-12-20)17-18-8-3-1-4-9-18/h1-6,8-9,11-12,16,19H,7,10,13-15,17H2. The molecule has 0 fully saturated rings. The molecule has 0 saturated heterocycles. The lowest BCUT2D eigenvalue weighted by Gasteiger charge is -2.31. The van der Waals surface area contributed by atoms with Gasteiger partial charge in [-0.25, -0.2) is 0 Å². The van der Waals surface area contributed by atoms with E-state index in [2.05, 4.69) is 41.3 Å². The van der Waals surface area contributed by atoms with Gasteiger partial charge in [0.15, 0.2) is 5.78 Å². The van der Waals surface area contributed by atoms with Gasteiger partial charge in [-0.15, -0.1) is 11.6 Å². The molecule has 1 atom stereocenters. The van der Waals surface area contributed by atoms with Crippen molar-refractivity contribution in [2.75, 3.05) is 10.8 Å². The molecule has 2 aromatic carbocycles. The number of nitrogens with zero attached hydrogens (tertiary/aromatic N) is 1. The molecule has 1 unspecified atom stereocenters. The fraction of sp³-hybridized carbons (Fsp3) is 0.318. The van der Waals surface area contributed by atoms with Gasteiger partial charge in [-0.05, 0) is 43.4 Å². The molecule has 0 saturated carbocycles. The summed E-state index contributed by atoms with van der Waals surface area (Å²) in [6.07, 6.45) is 5.52. The van der Waals surface area contributed by atoms with Gasteiger partial charge in [0.05, 0.1) is 0 Å². The highest BCUT2D eigenvalue weighted by molar-refractivity contribution is 6.17. The minimum Gasteiger partial charge on any atom is -0.341 e. The van der Waals surface area contributed by atoms with E-state index in [9.17, 15) is 4.79 Å². The average molecular weight is 354 g/mol. The summed E-state index contributed by atoms with van der Waals surface area (Å²) in [7, 11) is 0. The summed E-state index contributed by atoms with van der Waals surface area (Å²) in [5.41, 5.74) is 3.48. The molecule has 1 aliphatic carbocycles. The summed E-state index contributed by atoms with van der Waals surface area (Å²) in [4.78, 5) is 14.8. The van der Waals surface area contributed by atoms with E-state index in [1.165, 1.54) is 5.56 Å². The first-order valence-corrected chi connectivity index (χ1v) is 9.48. The van der Waals surface area contributed by atoms with E-state index in [1.807, 2.05) is 30.3 Å². The van der Waals surface area contributed by atoms with Crippen molar-refractivity contribution in [3.05, 3.63) is 78.0 Å². The van der Waals surface area contributed by atoms with Gasteiger partial charge in [-0.2, -0.15) is 0 Å². The molecule has 0 heterocycles. The van der Waals surface area contributed by atoms with E-state index in [1.54, 1.807) is 0 Å². The van der Waals surface area contributed by atoms with Crippen molar-refractivity contribution in [3.63, 3.8) is 0 Å². The van der Waals surface area contributed by atoms with Crippen LogP contribution in [0, 0.1) is 5.92 Å². The van der Waals surface area contributed by atoms with Crippen LogP contribution in [0.3, 0.4) is 0 Å². The predicted octanol–water partition coefficient (Wildman–Crippen LogP) is 5.58. The van der Waals surface area contributed by atoms with Crippen LogP contribution in [0.1, 0.15) is 31.2 Å². The van der Waals surface area contributed by atoms with Crippen molar-refractivity contribution in [1.29, 1.82) is 0 Å². The van der Waals surface area contributed by atoms with Crippen molar-refractivity contribution in [2.24, 2.45) is 5.92 Å². The second-order valence-corrected chi connectivity index (χ2v) is 6.89. The lowest BCUT2D eigenvalue weighted by atomic mass is 9.87. The Morgan fingerprint density at radius 2 is 1.68 bits per heavy atom. The monoisotopic (exact) mass is 353 g/mol. The van der Waals surface area contributed by atoms with Crippen LogP contribution in [-0.2, 0) is 11.3 Å². The Kier molecular flexibility index (Phi) is 6.30. The first kappa shape index (κ1) is 17.8. The van der Waals surface area contributed by atoms with Crippen LogP contribution in [0.25, 0.3) is 0 Å². The third-order valence-corrected chi connectivity index (χ3v) is 5.01. The van der Waals surface area contributed by atoms with Crippen LogP contribution in [0.4, 0.5) is 5.69 Å². The molecule has 2 aromatic rings. The maximum absolute atomic E-state index is 12.6. The van der Waals surface area contributed by atoms with Crippen molar-refractivity contribution < 1.29 is 4.79 Å². The first-order chi connectivity index (χ1) is 12.3. The number of alkyl halides is 1. The Hall–Kier alpha value is -2.06. The Morgan fingerprint density at radius 3 is 2.32 bits per heavy atom. The molecule has 1 aliphatic rings. The van der Waals surface area contributed by atoms with Gasteiger partial charge in [0, 0.05) is 35.8 Å². The maximum atomic E-state index is 12.6. The van der Waals surface area contributed by atoms with E-state index in [0.717, 1.165) is 43.6 Å². The Bertz CT molecular complexity index is 711. The fourth-order valence-corrected chi connectivity index (χ4v) is 3.53. The zero-order valence-electron chi connectivity index (χ0n) is 14.4. The maximum Gasteiger partial charge on any atom is 0.160 e. The minimum absolute atomic E-state index is 0.136. The van der Waals surface area contributed by atoms with Gasteiger partial charge in [0.2, 0.25) is 0 Å². The zero-order valence-corrected chi connectivity index (χ0v) is 15.2. The summed E-state index contributed by atoms with van der Waals surface area (Å²) in [5.74, 6) is 1.02. The lowest BCUT2D eigenvalue weighted by molar-refractivity contribution is -0.119. The molecule has 130 valence electrons. The Morgan fingerprint density at radius 1 is 1.00 bits per heavy atom. The Balaban J connectivity index is 1.84. The predicted molar refractivity (Wildman–Crippen MR) is 105 cm³/mol. The highest BCUT2D eigenvalue weighted by Gasteiger charge is 2.25. The topological polar surface area (TPSA) is 20.3 Å². The van der Waals surface area contributed by atoms with Gasteiger partial charge < -0.3 is 4.90 Å². The molecule has 3 heteroatoms. The second kappa shape index (κ2) is 8.87.